The van der Waals surface area contributed by atoms with Crippen molar-refractivity contribution in [1.82, 2.24) is 5.32 Å². The van der Waals surface area contributed by atoms with Gasteiger partial charge in [0.25, 0.3) is 5.91 Å². The van der Waals surface area contributed by atoms with Gasteiger partial charge < -0.3 is 20.3 Å². The Hall–Kier alpha value is -3.64. The van der Waals surface area contributed by atoms with Crippen molar-refractivity contribution < 1.29 is 24.5 Å². The molecule has 6 heteroatoms. The highest BCUT2D eigenvalue weighted by molar-refractivity contribution is 5.97. The molecule has 0 radical (unpaired) electrons. The van der Waals surface area contributed by atoms with Gasteiger partial charge in [0.1, 0.15) is 11.9 Å². The molecule has 6 nitrogen and oxygen atoms in total. The smallest absolute Gasteiger partial charge is 0.356 e. The van der Waals surface area contributed by atoms with Gasteiger partial charge in [0.15, 0.2) is 0 Å². The summed E-state index contributed by atoms with van der Waals surface area (Å²) in [6.45, 7) is 11.9. The van der Waals surface area contributed by atoms with E-state index in [9.17, 15) is 14.7 Å². The molecule has 0 saturated heterocycles. The highest BCUT2D eigenvalue weighted by Gasteiger charge is 2.32. The van der Waals surface area contributed by atoms with Crippen LogP contribution in [0.15, 0.2) is 72.8 Å². The highest BCUT2D eigenvalue weighted by Crippen LogP contribution is 2.31. The first-order valence-electron chi connectivity index (χ1n) is 12.5. The summed E-state index contributed by atoms with van der Waals surface area (Å²) < 4.78 is 6.36. The first-order valence-corrected chi connectivity index (χ1v) is 12.5. The molecule has 0 saturated carbocycles. The normalized spacial score (nSPS) is 14.1. The zero-order chi connectivity index (χ0) is 27.4. The van der Waals surface area contributed by atoms with Crippen molar-refractivity contribution in [1.29, 1.82) is 0 Å². The molecule has 1 unspecified atom stereocenters. The van der Waals surface area contributed by atoms with Crippen molar-refractivity contribution in [3.05, 3.63) is 89.5 Å². The number of rotatable bonds is 9. The van der Waals surface area contributed by atoms with Gasteiger partial charge in [0.05, 0.1) is 0 Å². The standard InChI is InChI=1S/C31H37NO5/c1-20(2)19-27(23-7-9-24(10-8-23)28(33)32-31(6,36)29(34)35)37-26-17-13-22(14-18-26)21-11-15-25(16-12-21)30(3,4)5/h7-18,20,27,36H,19H2,1-6H3,(H,32,33)(H,34,35)/t27?,31-/m1/s1. The monoisotopic (exact) mass is 503 g/mol. The molecule has 0 fully saturated rings. The average molecular weight is 504 g/mol. The topological polar surface area (TPSA) is 95.9 Å². The van der Waals surface area contributed by atoms with Crippen LogP contribution >= 0.6 is 0 Å². The van der Waals surface area contributed by atoms with Crippen LogP contribution in [0.5, 0.6) is 5.75 Å². The minimum atomic E-state index is -2.35. The number of carboxylic acid groups (broad SMARTS) is 1. The lowest BCUT2D eigenvalue weighted by Crippen LogP contribution is -2.52. The fourth-order valence-corrected chi connectivity index (χ4v) is 3.93. The molecule has 0 aliphatic rings. The molecule has 3 rings (SSSR count). The van der Waals surface area contributed by atoms with Gasteiger partial charge in [-0.15, -0.1) is 0 Å². The molecule has 37 heavy (non-hydrogen) atoms. The van der Waals surface area contributed by atoms with E-state index in [0.29, 0.717) is 5.92 Å². The van der Waals surface area contributed by atoms with Crippen LogP contribution in [0.3, 0.4) is 0 Å². The third-order valence-electron chi connectivity index (χ3n) is 6.22. The van der Waals surface area contributed by atoms with E-state index in [2.05, 4.69) is 76.3 Å². The lowest BCUT2D eigenvalue weighted by molar-refractivity contribution is -0.158. The Morgan fingerprint density at radius 3 is 1.81 bits per heavy atom. The highest BCUT2D eigenvalue weighted by atomic mass is 16.5. The number of carbonyl (C=O) groups excluding carboxylic acids is 1. The number of hydrogen-bond donors (Lipinski definition) is 3. The molecular formula is C31H37NO5. The first kappa shape index (κ1) is 27.9. The van der Waals surface area contributed by atoms with Gasteiger partial charge in [-0.3, -0.25) is 4.79 Å². The summed E-state index contributed by atoms with van der Waals surface area (Å²) in [7, 11) is 0. The summed E-state index contributed by atoms with van der Waals surface area (Å²) in [5.41, 5.74) is 2.47. The largest absolute Gasteiger partial charge is 0.486 e. The van der Waals surface area contributed by atoms with E-state index in [-0.39, 0.29) is 17.1 Å². The van der Waals surface area contributed by atoms with E-state index in [1.807, 2.05) is 12.1 Å². The summed E-state index contributed by atoms with van der Waals surface area (Å²) in [6, 6.07) is 23.5. The van der Waals surface area contributed by atoms with Crippen LogP contribution in [-0.4, -0.2) is 27.8 Å². The van der Waals surface area contributed by atoms with Gasteiger partial charge in [0, 0.05) is 5.56 Å². The van der Waals surface area contributed by atoms with E-state index in [0.717, 1.165) is 35.8 Å². The van der Waals surface area contributed by atoms with E-state index < -0.39 is 17.6 Å². The molecular weight excluding hydrogens is 466 g/mol. The number of nitrogens with one attached hydrogen (secondary N) is 1. The summed E-state index contributed by atoms with van der Waals surface area (Å²) in [5, 5.41) is 20.9. The van der Waals surface area contributed by atoms with Crippen LogP contribution in [0, 0.1) is 5.92 Å². The number of ether oxygens (including phenoxy) is 1. The van der Waals surface area contributed by atoms with Crippen molar-refractivity contribution in [2.24, 2.45) is 5.92 Å². The summed E-state index contributed by atoms with van der Waals surface area (Å²) in [6.07, 6.45) is 0.547. The number of benzene rings is 3. The molecule has 3 N–H and O–H groups in total. The number of carboxylic acids is 1. The maximum absolute atomic E-state index is 12.4. The van der Waals surface area contributed by atoms with E-state index in [1.54, 1.807) is 24.3 Å². The van der Waals surface area contributed by atoms with Crippen LogP contribution in [0.2, 0.25) is 0 Å². The Bertz CT molecular complexity index is 1200. The summed E-state index contributed by atoms with van der Waals surface area (Å²) in [4.78, 5) is 23.4. The zero-order valence-corrected chi connectivity index (χ0v) is 22.4. The van der Waals surface area contributed by atoms with Crippen LogP contribution in [0.25, 0.3) is 11.1 Å². The van der Waals surface area contributed by atoms with Crippen molar-refractivity contribution in [2.75, 3.05) is 0 Å². The molecule has 3 aromatic carbocycles. The molecule has 0 spiro atoms. The Labute approximate surface area is 219 Å². The molecule has 1 amide bonds. The molecule has 0 aliphatic heterocycles. The Morgan fingerprint density at radius 1 is 0.838 bits per heavy atom. The van der Waals surface area contributed by atoms with Crippen molar-refractivity contribution in [3.8, 4) is 16.9 Å². The molecule has 196 valence electrons. The number of amides is 1. The Balaban J connectivity index is 1.74. The predicted octanol–water partition coefficient (Wildman–Crippen LogP) is 6.34. The molecule has 0 aromatic heterocycles. The Kier molecular flexibility index (Phi) is 8.44. The minimum Gasteiger partial charge on any atom is -0.486 e. The number of hydrogen-bond acceptors (Lipinski definition) is 4. The van der Waals surface area contributed by atoms with Crippen molar-refractivity contribution in [3.63, 3.8) is 0 Å². The lowest BCUT2D eigenvalue weighted by Gasteiger charge is -2.22. The zero-order valence-electron chi connectivity index (χ0n) is 22.4. The molecule has 0 bridgehead atoms. The minimum absolute atomic E-state index is 0.113. The second-order valence-corrected chi connectivity index (χ2v) is 11.0. The molecule has 0 aliphatic carbocycles. The third kappa shape index (κ3) is 7.43. The van der Waals surface area contributed by atoms with Crippen molar-refractivity contribution in [2.45, 2.75) is 65.2 Å². The van der Waals surface area contributed by atoms with Gasteiger partial charge in [-0.1, -0.05) is 83.1 Å². The maximum atomic E-state index is 12.4. The van der Waals surface area contributed by atoms with Gasteiger partial charge in [-0.25, -0.2) is 4.79 Å². The molecule has 3 aromatic rings. The average Bonchev–Trinajstić information content (AvgIpc) is 2.83. The first-order chi connectivity index (χ1) is 17.3. The fraction of sp³-hybridized carbons (Fsp3) is 0.355. The second kappa shape index (κ2) is 11.2. The van der Waals surface area contributed by atoms with Gasteiger partial charge >= 0.3 is 5.97 Å². The molecule has 0 heterocycles. The van der Waals surface area contributed by atoms with E-state index >= 15 is 0 Å². The van der Waals surface area contributed by atoms with Gasteiger partial charge in [-0.2, -0.15) is 0 Å². The van der Waals surface area contributed by atoms with Crippen LogP contribution in [0.1, 0.15) is 75.6 Å². The summed E-state index contributed by atoms with van der Waals surface area (Å²) >= 11 is 0. The maximum Gasteiger partial charge on any atom is 0.356 e. The molecule has 2 atom stereocenters. The van der Waals surface area contributed by atoms with E-state index in [1.165, 1.54) is 5.56 Å². The van der Waals surface area contributed by atoms with Gasteiger partial charge in [-0.05, 0) is 71.2 Å². The SMILES string of the molecule is CC(C)CC(Oc1ccc(-c2ccc(C(C)(C)C)cc2)cc1)c1ccc(C(=O)N[C@](C)(O)C(=O)O)cc1. The van der Waals surface area contributed by atoms with Crippen molar-refractivity contribution >= 4 is 11.9 Å². The third-order valence-corrected chi connectivity index (χ3v) is 6.22. The number of aliphatic hydroxyl groups is 1. The second-order valence-electron chi connectivity index (χ2n) is 11.0. The van der Waals surface area contributed by atoms with Crippen LogP contribution in [0.4, 0.5) is 0 Å². The number of aliphatic carboxylic acids is 1. The predicted molar refractivity (Wildman–Crippen MR) is 146 cm³/mol. The van der Waals surface area contributed by atoms with E-state index in [4.69, 9.17) is 9.84 Å². The fourth-order valence-electron chi connectivity index (χ4n) is 3.93. The number of carbonyl (C=O) groups is 2. The quantitative estimate of drug-likeness (QED) is 0.296. The van der Waals surface area contributed by atoms with Crippen LogP contribution in [-0.2, 0) is 10.2 Å². The van der Waals surface area contributed by atoms with Gasteiger partial charge in [0.2, 0.25) is 5.72 Å². The Morgan fingerprint density at radius 2 is 1.35 bits per heavy atom. The van der Waals surface area contributed by atoms with Crippen LogP contribution < -0.4 is 10.1 Å². The lowest BCUT2D eigenvalue weighted by atomic mass is 9.86. The summed E-state index contributed by atoms with van der Waals surface area (Å²) in [5.74, 6) is -1.08.